The summed E-state index contributed by atoms with van der Waals surface area (Å²) >= 11 is 5.82. The number of pyridine rings is 1. The number of carbonyl (C=O) groups is 1. The van der Waals surface area contributed by atoms with Gasteiger partial charge in [0.25, 0.3) is 5.69 Å². The summed E-state index contributed by atoms with van der Waals surface area (Å²) in [5.74, 6) is -0.170. The molecule has 0 saturated heterocycles. The van der Waals surface area contributed by atoms with Crippen LogP contribution in [0.25, 0.3) is 0 Å². The topological polar surface area (TPSA) is 102 Å². The maximum atomic E-state index is 11.2. The summed E-state index contributed by atoms with van der Waals surface area (Å²) in [6.07, 6.45) is 3.94. The molecule has 0 spiro atoms. The van der Waals surface area contributed by atoms with Crippen LogP contribution in [0, 0.1) is 10.1 Å². The third-order valence-electron chi connectivity index (χ3n) is 3.36. The molecule has 1 heterocycles. The molecule has 0 aliphatic heterocycles. The van der Waals surface area contributed by atoms with E-state index in [0.29, 0.717) is 5.82 Å². The second-order valence-electron chi connectivity index (χ2n) is 4.80. The van der Waals surface area contributed by atoms with E-state index in [9.17, 15) is 14.9 Å². The number of hydrogen-bond acceptors (Lipinski definition) is 5. The van der Waals surface area contributed by atoms with Gasteiger partial charge in [0.2, 0.25) is 5.91 Å². The first-order valence-corrected chi connectivity index (χ1v) is 6.72. The van der Waals surface area contributed by atoms with Crippen LogP contribution < -0.4 is 10.6 Å². The molecule has 2 rings (SSSR count). The van der Waals surface area contributed by atoms with Crippen LogP contribution in [0.2, 0.25) is 5.15 Å². The Morgan fingerprint density at radius 2 is 2.15 bits per heavy atom. The highest BCUT2D eigenvalue weighted by Crippen LogP contribution is 2.30. The minimum Gasteiger partial charge on any atom is -0.368 e. The second kappa shape index (κ2) is 6.04. The largest absolute Gasteiger partial charge is 0.368 e. The number of hydrogen-bond donors (Lipinski definition) is 1. The van der Waals surface area contributed by atoms with Crippen LogP contribution in [0.3, 0.4) is 0 Å². The molecule has 0 atom stereocenters. The number of nitro groups is 1. The molecule has 1 aromatic rings. The predicted molar refractivity (Wildman–Crippen MR) is 74.7 cm³/mol. The van der Waals surface area contributed by atoms with Gasteiger partial charge in [0.1, 0.15) is 11.0 Å². The zero-order valence-electron chi connectivity index (χ0n) is 10.8. The Labute approximate surface area is 120 Å². The number of anilines is 1. The Kier molecular flexibility index (Phi) is 4.39. The lowest BCUT2D eigenvalue weighted by atomic mass is 10.2. The summed E-state index contributed by atoms with van der Waals surface area (Å²) in [6.45, 7) is -0.0187. The van der Waals surface area contributed by atoms with Crippen LogP contribution >= 0.6 is 11.6 Å². The van der Waals surface area contributed by atoms with Gasteiger partial charge < -0.3 is 10.6 Å². The molecular formula is C12H15ClN4O3. The lowest BCUT2D eigenvalue weighted by Gasteiger charge is -2.28. The van der Waals surface area contributed by atoms with E-state index in [0.717, 1.165) is 25.7 Å². The molecule has 7 nitrogen and oxygen atoms in total. The van der Waals surface area contributed by atoms with Gasteiger partial charge in [-0.3, -0.25) is 14.9 Å². The van der Waals surface area contributed by atoms with Gasteiger partial charge in [-0.05, 0) is 12.8 Å². The highest BCUT2D eigenvalue weighted by atomic mass is 35.5. The van der Waals surface area contributed by atoms with E-state index in [1.54, 1.807) is 4.90 Å². The fourth-order valence-corrected chi connectivity index (χ4v) is 2.70. The molecule has 0 unspecified atom stereocenters. The Balaban J connectivity index is 2.36. The number of carbonyl (C=O) groups excluding carboxylic acids is 1. The summed E-state index contributed by atoms with van der Waals surface area (Å²) in [5, 5.41) is 10.9. The van der Waals surface area contributed by atoms with E-state index in [2.05, 4.69) is 4.98 Å². The van der Waals surface area contributed by atoms with E-state index < -0.39 is 10.8 Å². The van der Waals surface area contributed by atoms with Crippen molar-refractivity contribution in [1.82, 2.24) is 4.98 Å². The summed E-state index contributed by atoms with van der Waals surface area (Å²) in [4.78, 5) is 27.4. The van der Waals surface area contributed by atoms with Gasteiger partial charge in [0.15, 0.2) is 0 Å². The van der Waals surface area contributed by atoms with Crippen LogP contribution in [0.1, 0.15) is 25.7 Å². The number of halogens is 1. The Morgan fingerprint density at radius 3 is 2.70 bits per heavy atom. The first-order valence-electron chi connectivity index (χ1n) is 6.34. The van der Waals surface area contributed by atoms with Gasteiger partial charge in [-0.1, -0.05) is 24.4 Å². The Bertz CT molecular complexity index is 531. The SMILES string of the molecule is NC(=O)CN(c1cc([N+](=O)[O-])cc(Cl)n1)C1CCCC1. The standard InChI is InChI=1S/C12H15ClN4O3/c13-10-5-9(17(19)20)6-12(15-10)16(7-11(14)18)8-3-1-2-4-8/h5-6,8H,1-4,7H2,(H2,14,18). The highest BCUT2D eigenvalue weighted by Gasteiger charge is 2.26. The molecule has 8 heteroatoms. The van der Waals surface area contributed by atoms with Crippen LogP contribution in [0.15, 0.2) is 12.1 Å². The van der Waals surface area contributed by atoms with Crippen LogP contribution in [-0.2, 0) is 4.79 Å². The van der Waals surface area contributed by atoms with Crippen molar-refractivity contribution in [2.75, 3.05) is 11.4 Å². The van der Waals surface area contributed by atoms with Crippen molar-refractivity contribution in [3.05, 3.63) is 27.4 Å². The van der Waals surface area contributed by atoms with Crippen molar-refractivity contribution >= 4 is 29.0 Å². The fourth-order valence-electron chi connectivity index (χ4n) is 2.50. The molecule has 0 bridgehead atoms. The molecule has 1 fully saturated rings. The number of amides is 1. The van der Waals surface area contributed by atoms with Gasteiger partial charge in [-0.2, -0.15) is 0 Å². The summed E-state index contributed by atoms with van der Waals surface area (Å²) < 4.78 is 0. The van der Waals surface area contributed by atoms with Crippen molar-refractivity contribution < 1.29 is 9.72 Å². The minimum atomic E-state index is -0.534. The molecule has 1 aliphatic rings. The smallest absolute Gasteiger partial charge is 0.276 e. The number of primary amides is 1. The maximum Gasteiger partial charge on any atom is 0.276 e. The number of nitrogens with zero attached hydrogens (tertiary/aromatic N) is 3. The monoisotopic (exact) mass is 298 g/mol. The summed E-state index contributed by atoms with van der Waals surface area (Å²) in [7, 11) is 0. The molecule has 0 aromatic carbocycles. The van der Waals surface area contributed by atoms with Gasteiger partial charge >= 0.3 is 0 Å². The van der Waals surface area contributed by atoms with Crippen molar-refractivity contribution in [3.8, 4) is 0 Å². The van der Waals surface area contributed by atoms with Crippen LogP contribution in [0.4, 0.5) is 11.5 Å². The first kappa shape index (κ1) is 14.5. The van der Waals surface area contributed by atoms with Crippen molar-refractivity contribution in [2.24, 2.45) is 5.73 Å². The molecule has 1 aliphatic carbocycles. The zero-order valence-corrected chi connectivity index (χ0v) is 11.5. The summed E-state index contributed by atoms with van der Waals surface area (Å²) in [6, 6.07) is 2.63. The van der Waals surface area contributed by atoms with Crippen LogP contribution in [0.5, 0.6) is 0 Å². The average molecular weight is 299 g/mol. The van der Waals surface area contributed by atoms with Crippen molar-refractivity contribution in [1.29, 1.82) is 0 Å². The van der Waals surface area contributed by atoms with Crippen molar-refractivity contribution in [2.45, 2.75) is 31.7 Å². The Hall–Kier alpha value is -1.89. The highest BCUT2D eigenvalue weighted by molar-refractivity contribution is 6.29. The third kappa shape index (κ3) is 3.36. The van der Waals surface area contributed by atoms with Crippen molar-refractivity contribution in [3.63, 3.8) is 0 Å². The number of nitrogens with two attached hydrogens (primary N) is 1. The number of rotatable bonds is 5. The summed E-state index contributed by atoms with van der Waals surface area (Å²) in [5.41, 5.74) is 5.11. The van der Waals surface area contributed by atoms with Gasteiger partial charge in [-0.15, -0.1) is 0 Å². The minimum absolute atomic E-state index is 0.0187. The molecule has 1 amide bonds. The van der Waals surface area contributed by atoms with Gasteiger partial charge in [0, 0.05) is 6.04 Å². The first-order chi connectivity index (χ1) is 9.47. The fraction of sp³-hybridized carbons (Fsp3) is 0.500. The molecule has 1 saturated carbocycles. The van der Waals surface area contributed by atoms with E-state index in [1.807, 2.05) is 0 Å². The van der Waals surface area contributed by atoms with E-state index in [1.165, 1.54) is 12.1 Å². The third-order valence-corrected chi connectivity index (χ3v) is 3.56. The van der Waals surface area contributed by atoms with Gasteiger partial charge in [0.05, 0.1) is 23.6 Å². The molecular weight excluding hydrogens is 284 g/mol. The normalized spacial score (nSPS) is 15.2. The van der Waals surface area contributed by atoms with Gasteiger partial charge in [-0.25, -0.2) is 4.98 Å². The lowest BCUT2D eigenvalue weighted by molar-refractivity contribution is -0.384. The Morgan fingerprint density at radius 1 is 1.50 bits per heavy atom. The molecule has 0 radical (unpaired) electrons. The quantitative estimate of drug-likeness (QED) is 0.508. The maximum absolute atomic E-state index is 11.2. The van der Waals surface area contributed by atoms with E-state index >= 15 is 0 Å². The molecule has 108 valence electrons. The predicted octanol–water partition coefficient (Wildman–Crippen LogP) is 1.88. The number of aromatic nitrogens is 1. The van der Waals surface area contributed by atoms with E-state index in [4.69, 9.17) is 17.3 Å². The van der Waals surface area contributed by atoms with Crippen LogP contribution in [-0.4, -0.2) is 28.4 Å². The second-order valence-corrected chi connectivity index (χ2v) is 5.18. The van der Waals surface area contributed by atoms with E-state index in [-0.39, 0.29) is 23.4 Å². The molecule has 20 heavy (non-hydrogen) atoms. The zero-order chi connectivity index (χ0) is 14.7. The molecule has 2 N–H and O–H groups in total. The average Bonchev–Trinajstić information content (AvgIpc) is 2.88. The molecule has 1 aromatic heterocycles. The lowest BCUT2D eigenvalue weighted by Crippen LogP contribution is -2.40.